The lowest BCUT2D eigenvalue weighted by molar-refractivity contribution is -0.137. The highest BCUT2D eigenvalue weighted by molar-refractivity contribution is 6.32. The number of anilines is 1. The average Bonchev–Trinajstić information content (AvgIpc) is 2.73. The maximum atomic E-state index is 13.6. The van der Waals surface area contributed by atoms with E-state index in [0.717, 1.165) is 11.3 Å². The van der Waals surface area contributed by atoms with Crippen molar-refractivity contribution in [1.29, 1.82) is 0 Å². The Bertz CT molecular complexity index is 973. The fourth-order valence-corrected chi connectivity index (χ4v) is 3.14. The Labute approximate surface area is 179 Å². The first kappa shape index (κ1) is 23.5. The van der Waals surface area contributed by atoms with E-state index in [0.29, 0.717) is 17.7 Å². The number of pyridine rings is 1. The number of aromatic nitrogens is 1. The predicted molar refractivity (Wildman–Crippen MR) is 116 cm³/mol. The Balaban J connectivity index is 0.00000155. The summed E-state index contributed by atoms with van der Waals surface area (Å²) in [5.41, 5.74) is 0.888. The standard InChI is InChI=1S/C21H18ClF3N2O.C2H6/c1-13-5-3-4-6-16(13)20-19(21(23,24)25)17(22)11-18(27-20)26-12-14-7-9-15(28-2)10-8-14;1-2/h3-11H,12H2,1-2H3,(H,26,27);1-2H3. The molecule has 0 unspecified atom stereocenters. The summed E-state index contributed by atoms with van der Waals surface area (Å²) in [5, 5.41) is 2.65. The highest BCUT2D eigenvalue weighted by Crippen LogP contribution is 2.42. The van der Waals surface area contributed by atoms with Gasteiger partial charge < -0.3 is 10.1 Å². The molecule has 0 spiro atoms. The first-order valence-corrected chi connectivity index (χ1v) is 9.88. The van der Waals surface area contributed by atoms with Crippen molar-refractivity contribution in [3.05, 3.63) is 76.3 Å². The molecule has 0 aliphatic carbocycles. The lowest BCUT2D eigenvalue weighted by atomic mass is 10.0. The third kappa shape index (κ3) is 5.66. The molecule has 160 valence electrons. The summed E-state index contributed by atoms with van der Waals surface area (Å²) in [4.78, 5) is 4.24. The number of aryl methyl sites for hydroxylation is 1. The number of halogens is 4. The Morgan fingerprint density at radius 2 is 1.67 bits per heavy atom. The van der Waals surface area contributed by atoms with E-state index in [1.165, 1.54) is 6.07 Å². The molecule has 0 aliphatic rings. The highest BCUT2D eigenvalue weighted by Gasteiger charge is 2.38. The second kappa shape index (κ2) is 10.3. The fraction of sp³-hybridized carbons (Fsp3) is 0.261. The number of rotatable bonds is 5. The molecule has 0 amide bonds. The maximum Gasteiger partial charge on any atom is 0.419 e. The van der Waals surface area contributed by atoms with Crippen LogP contribution in [-0.4, -0.2) is 12.1 Å². The lowest BCUT2D eigenvalue weighted by Crippen LogP contribution is -2.12. The second-order valence-electron chi connectivity index (χ2n) is 6.23. The van der Waals surface area contributed by atoms with Crippen LogP contribution >= 0.6 is 11.6 Å². The van der Waals surface area contributed by atoms with E-state index in [4.69, 9.17) is 16.3 Å². The van der Waals surface area contributed by atoms with Crippen LogP contribution in [0.5, 0.6) is 5.75 Å². The van der Waals surface area contributed by atoms with Gasteiger partial charge in [0.1, 0.15) is 17.1 Å². The van der Waals surface area contributed by atoms with Crippen molar-refractivity contribution in [2.75, 3.05) is 12.4 Å². The van der Waals surface area contributed by atoms with Crippen LogP contribution < -0.4 is 10.1 Å². The Kier molecular flexibility index (Phi) is 8.12. The van der Waals surface area contributed by atoms with E-state index in [-0.39, 0.29) is 11.5 Å². The summed E-state index contributed by atoms with van der Waals surface area (Å²) in [5.74, 6) is 0.994. The third-order valence-corrected chi connectivity index (χ3v) is 4.59. The molecular weight excluding hydrogens is 413 g/mol. The molecule has 0 radical (unpaired) electrons. The summed E-state index contributed by atoms with van der Waals surface area (Å²) >= 11 is 6.03. The normalized spacial score (nSPS) is 10.8. The molecule has 2 aromatic carbocycles. The molecule has 3 rings (SSSR count). The Morgan fingerprint density at radius 1 is 1.03 bits per heavy atom. The van der Waals surface area contributed by atoms with Gasteiger partial charge in [0.05, 0.1) is 17.8 Å². The summed E-state index contributed by atoms with van der Waals surface area (Å²) in [6.07, 6.45) is -4.61. The summed E-state index contributed by atoms with van der Waals surface area (Å²) in [6, 6.07) is 15.3. The van der Waals surface area contributed by atoms with Gasteiger partial charge in [-0.15, -0.1) is 0 Å². The number of benzene rings is 2. The summed E-state index contributed by atoms with van der Waals surface area (Å²) in [7, 11) is 1.58. The first-order valence-electron chi connectivity index (χ1n) is 9.50. The number of nitrogens with one attached hydrogen (secondary N) is 1. The number of hydrogen-bond donors (Lipinski definition) is 1. The van der Waals surface area contributed by atoms with Crippen LogP contribution in [0, 0.1) is 6.92 Å². The molecule has 3 nitrogen and oxygen atoms in total. The van der Waals surface area contributed by atoms with Gasteiger partial charge in [-0.25, -0.2) is 4.98 Å². The molecule has 1 aromatic heterocycles. The minimum Gasteiger partial charge on any atom is -0.497 e. The lowest BCUT2D eigenvalue weighted by Gasteiger charge is -2.17. The number of hydrogen-bond acceptors (Lipinski definition) is 3. The van der Waals surface area contributed by atoms with E-state index in [2.05, 4.69) is 10.3 Å². The summed E-state index contributed by atoms with van der Waals surface area (Å²) < 4.78 is 46.0. The molecule has 0 fully saturated rings. The van der Waals surface area contributed by atoms with Gasteiger partial charge in [0.2, 0.25) is 0 Å². The van der Waals surface area contributed by atoms with Crippen molar-refractivity contribution in [2.45, 2.75) is 33.5 Å². The molecule has 0 saturated heterocycles. The molecule has 0 atom stereocenters. The number of ether oxygens (including phenoxy) is 1. The molecule has 30 heavy (non-hydrogen) atoms. The zero-order chi connectivity index (χ0) is 22.3. The minimum atomic E-state index is -4.61. The quantitative estimate of drug-likeness (QED) is 0.453. The van der Waals surface area contributed by atoms with Crippen molar-refractivity contribution < 1.29 is 17.9 Å². The number of nitrogens with zero attached hydrogens (tertiary/aromatic N) is 1. The van der Waals surface area contributed by atoms with Gasteiger partial charge in [-0.1, -0.05) is 61.8 Å². The van der Waals surface area contributed by atoms with Crippen LogP contribution in [0.1, 0.15) is 30.5 Å². The van der Waals surface area contributed by atoms with E-state index in [1.54, 1.807) is 38.3 Å². The molecule has 0 aliphatic heterocycles. The van der Waals surface area contributed by atoms with Crippen LogP contribution in [0.15, 0.2) is 54.6 Å². The molecular formula is C23H24ClF3N2O. The van der Waals surface area contributed by atoms with Gasteiger partial charge in [-0.2, -0.15) is 13.2 Å². The van der Waals surface area contributed by atoms with Crippen LogP contribution in [-0.2, 0) is 12.7 Å². The SMILES string of the molecule is CC.COc1ccc(CNc2cc(Cl)c(C(F)(F)F)c(-c3ccccc3C)n2)cc1. The van der Waals surface area contributed by atoms with E-state index in [1.807, 2.05) is 38.1 Å². The third-order valence-electron chi connectivity index (χ3n) is 4.29. The average molecular weight is 437 g/mol. The van der Waals surface area contributed by atoms with Gasteiger partial charge in [-0.3, -0.25) is 0 Å². The predicted octanol–water partition coefficient (Wildman–Crippen LogP) is 7.38. The topological polar surface area (TPSA) is 34.1 Å². The molecule has 0 bridgehead atoms. The molecule has 1 heterocycles. The van der Waals surface area contributed by atoms with Gasteiger partial charge in [0.15, 0.2) is 0 Å². The smallest absolute Gasteiger partial charge is 0.419 e. The van der Waals surface area contributed by atoms with Gasteiger partial charge in [0.25, 0.3) is 0 Å². The van der Waals surface area contributed by atoms with Crippen molar-refractivity contribution >= 4 is 17.4 Å². The molecule has 1 N–H and O–H groups in total. The molecule has 7 heteroatoms. The maximum absolute atomic E-state index is 13.6. The fourth-order valence-electron chi connectivity index (χ4n) is 2.84. The van der Waals surface area contributed by atoms with Crippen molar-refractivity contribution in [3.63, 3.8) is 0 Å². The molecule has 3 aromatic rings. The van der Waals surface area contributed by atoms with Gasteiger partial charge >= 0.3 is 6.18 Å². The highest BCUT2D eigenvalue weighted by atomic mass is 35.5. The van der Waals surface area contributed by atoms with E-state index in [9.17, 15) is 13.2 Å². The van der Waals surface area contributed by atoms with E-state index >= 15 is 0 Å². The van der Waals surface area contributed by atoms with Crippen LogP contribution in [0.3, 0.4) is 0 Å². The van der Waals surface area contributed by atoms with Crippen molar-refractivity contribution in [1.82, 2.24) is 4.98 Å². The van der Waals surface area contributed by atoms with Crippen molar-refractivity contribution in [3.8, 4) is 17.0 Å². The number of alkyl halides is 3. The zero-order valence-corrected chi connectivity index (χ0v) is 18.0. The minimum absolute atomic E-state index is 0.185. The second-order valence-corrected chi connectivity index (χ2v) is 6.63. The summed E-state index contributed by atoms with van der Waals surface area (Å²) in [6.45, 7) is 6.12. The number of methoxy groups -OCH3 is 1. The monoisotopic (exact) mass is 436 g/mol. The first-order chi connectivity index (χ1) is 14.3. The zero-order valence-electron chi connectivity index (χ0n) is 17.3. The van der Waals surface area contributed by atoms with Crippen LogP contribution in [0.4, 0.5) is 19.0 Å². The van der Waals surface area contributed by atoms with E-state index < -0.39 is 16.8 Å². The van der Waals surface area contributed by atoms with Crippen LogP contribution in [0.2, 0.25) is 5.02 Å². The van der Waals surface area contributed by atoms with Gasteiger partial charge in [-0.05, 0) is 36.2 Å². The molecule has 0 saturated carbocycles. The largest absolute Gasteiger partial charge is 0.497 e. The Morgan fingerprint density at radius 3 is 2.23 bits per heavy atom. The Hall–Kier alpha value is -2.73. The van der Waals surface area contributed by atoms with Crippen molar-refractivity contribution in [2.24, 2.45) is 0 Å². The van der Waals surface area contributed by atoms with Gasteiger partial charge in [0, 0.05) is 12.1 Å². The van der Waals surface area contributed by atoms with Crippen LogP contribution in [0.25, 0.3) is 11.3 Å².